The van der Waals surface area contributed by atoms with Gasteiger partial charge in [0.25, 0.3) is 0 Å². The Balaban J connectivity index is 2.23. The van der Waals surface area contributed by atoms with Crippen molar-refractivity contribution in [2.24, 2.45) is 0 Å². The standard InChI is InChI=1S/C19H22/c1-5-13(2)14-10-11-18-16(12-14)15-8-6-7-9-17(15)19(18,3)4/h6-13H,5H2,1-4H3. The van der Waals surface area contributed by atoms with Crippen LogP contribution in [-0.2, 0) is 5.41 Å². The Morgan fingerprint density at radius 2 is 1.63 bits per heavy atom. The molecule has 0 radical (unpaired) electrons. The topological polar surface area (TPSA) is 0 Å². The van der Waals surface area contributed by atoms with Crippen LogP contribution in [0.4, 0.5) is 0 Å². The van der Waals surface area contributed by atoms with E-state index in [9.17, 15) is 0 Å². The molecule has 1 unspecified atom stereocenters. The molecule has 0 fully saturated rings. The zero-order chi connectivity index (χ0) is 13.6. The number of hydrogen-bond donors (Lipinski definition) is 0. The van der Waals surface area contributed by atoms with Gasteiger partial charge in [-0.2, -0.15) is 0 Å². The van der Waals surface area contributed by atoms with Gasteiger partial charge in [-0.15, -0.1) is 0 Å². The van der Waals surface area contributed by atoms with E-state index in [1.165, 1.54) is 34.2 Å². The Hall–Kier alpha value is -1.56. The maximum Gasteiger partial charge on any atom is 0.0158 e. The first-order valence-electron chi connectivity index (χ1n) is 7.30. The second-order valence-corrected chi connectivity index (χ2v) is 6.28. The monoisotopic (exact) mass is 250 g/mol. The van der Waals surface area contributed by atoms with Gasteiger partial charge in [-0.05, 0) is 40.2 Å². The Bertz CT molecular complexity index is 620. The lowest BCUT2D eigenvalue weighted by Crippen LogP contribution is -2.14. The summed E-state index contributed by atoms with van der Waals surface area (Å²) in [4.78, 5) is 0. The maximum atomic E-state index is 2.41. The van der Waals surface area contributed by atoms with Crippen molar-refractivity contribution >= 4 is 0 Å². The van der Waals surface area contributed by atoms with Gasteiger partial charge in [-0.1, -0.05) is 70.2 Å². The van der Waals surface area contributed by atoms with E-state index in [-0.39, 0.29) is 5.41 Å². The van der Waals surface area contributed by atoms with Gasteiger partial charge >= 0.3 is 0 Å². The fourth-order valence-corrected chi connectivity index (χ4v) is 3.28. The summed E-state index contributed by atoms with van der Waals surface area (Å²) in [7, 11) is 0. The van der Waals surface area contributed by atoms with E-state index < -0.39 is 0 Å². The third-order valence-corrected chi connectivity index (χ3v) is 4.79. The van der Waals surface area contributed by atoms with Crippen molar-refractivity contribution in [3.8, 4) is 11.1 Å². The summed E-state index contributed by atoms with van der Waals surface area (Å²) in [6.45, 7) is 9.24. The molecule has 1 aliphatic carbocycles. The third kappa shape index (κ3) is 1.74. The molecule has 0 aliphatic heterocycles. The molecule has 0 spiro atoms. The first kappa shape index (κ1) is 12.5. The Morgan fingerprint density at radius 1 is 0.947 bits per heavy atom. The fourth-order valence-electron chi connectivity index (χ4n) is 3.28. The molecule has 0 saturated heterocycles. The molecule has 0 N–H and O–H groups in total. The summed E-state index contributed by atoms with van der Waals surface area (Å²) < 4.78 is 0. The molecule has 1 atom stereocenters. The van der Waals surface area contributed by atoms with E-state index in [4.69, 9.17) is 0 Å². The van der Waals surface area contributed by atoms with Gasteiger partial charge in [0, 0.05) is 5.41 Å². The molecule has 0 nitrogen and oxygen atoms in total. The lowest BCUT2D eigenvalue weighted by Gasteiger charge is -2.21. The Morgan fingerprint density at radius 3 is 2.37 bits per heavy atom. The minimum absolute atomic E-state index is 0.139. The second-order valence-electron chi connectivity index (χ2n) is 6.28. The normalized spacial score (nSPS) is 16.8. The molecule has 98 valence electrons. The van der Waals surface area contributed by atoms with Crippen molar-refractivity contribution in [1.29, 1.82) is 0 Å². The van der Waals surface area contributed by atoms with Crippen LogP contribution < -0.4 is 0 Å². The molecule has 0 amide bonds. The molecular formula is C19H22. The van der Waals surface area contributed by atoms with E-state index in [1.54, 1.807) is 0 Å². The summed E-state index contributed by atoms with van der Waals surface area (Å²) in [5, 5.41) is 0. The molecule has 0 heterocycles. The molecule has 0 heteroatoms. The van der Waals surface area contributed by atoms with Gasteiger partial charge in [0.2, 0.25) is 0 Å². The van der Waals surface area contributed by atoms with Crippen LogP contribution in [0.1, 0.15) is 56.7 Å². The van der Waals surface area contributed by atoms with Gasteiger partial charge < -0.3 is 0 Å². The Labute approximate surface area is 116 Å². The van der Waals surface area contributed by atoms with Crippen LogP contribution in [0.3, 0.4) is 0 Å². The van der Waals surface area contributed by atoms with Gasteiger partial charge in [0.15, 0.2) is 0 Å². The van der Waals surface area contributed by atoms with Crippen molar-refractivity contribution in [2.45, 2.75) is 45.4 Å². The van der Waals surface area contributed by atoms with Crippen LogP contribution in [0.2, 0.25) is 0 Å². The van der Waals surface area contributed by atoms with Crippen LogP contribution in [0.15, 0.2) is 42.5 Å². The maximum absolute atomic E-state index is 2.41. The Kier molecular flexibility index (Phi) is 2.78. The van der Waals surface area contributed by atoms with E-state index >= 15 is 0 Å². The minimum atomic E-state index is 0.139. The highest BCUT2D eigenvalue weighted by Crippen LogP contribution is 2.49. The molecule has 0 saturated carbocycles. The third-order valence-electron chi connectivity index (χ3n) is 4.79. The van der Waals surface area contributed by atoms with Gasteiger partial charge in [-0.25, -0.2) is 0 Å². The van der Waals surface area contributed by atoms with E-state index in [1.807, 2.05) is 0 Å². The molecule has 1 aliphatic rings. The van der Waals surface area contributed by atoms with E-state index in [2.05, 4.69) is 70.2 Å². The van der Waals surface area contributed by atoms with Crippen LogP contribution in [0, 0.1) is 0 Å². The predicted octanol–water partition coefficient (Wildman–Crippen LogP) is 5.51. The summed E-state index contributed by atoms with van der Waals surface area (Å²) in [6.07, 6.45) is 1.20. The van der Waals surface area contributed by atoms with Gasteiger partial charge in [0.05, 0.1) is 0 Å². The van der Waals surface area contributed by atoms with Crippen LogP contribution >= 0.6 is 0 Å². The van der Waals surface area contributed by atoms with Crippen molar-refractivity contribution < 1.29 is 0 Å². The average Bonchev–Trinajstić information content (AvgIpc) is 2.67. The van der Waals surface area contributed by atoms with E-state index in [0.717, 1.165) is 0 Å². The summed E-state index contributed by atoms with van der Waals surface area (Å²) in [5.74, 6) is 0.640. The highest BCUT2D eigenvalue weighted by atomic mass is 14.4. The van der Waals surface area contributed by atoms with Gasteiger partial charge in [-0.3, -0.25) is 0 Å². The zero-order valence-corrected chi connectivity index (χ0v) is 12.3. The SMILES string of the molecule is CCC(C)c1ccc2c(c1)-c1ccccc1C2(C)C. The highest BCUT2D eigenvalue weighted by molar-refractivity contribution is 5.81. The fraction of sp³-hybridized carbons (Fsp3) is 0.368. The number of fused-ring (bicyclic) bond motifs is 3. The summed E-state index contributed by atoms with van der Waals surface area (Å²) in [6, 6.07) is 15.9. The summed E-state index contributed by atoms with van der Waals surface area (Å²) >= 11 is 0. The van der Waals surface area contributed by atoms with Crippen molar-refractivity contribution in [3.05, 3.63) is 59.2 Å². The smallest absolute Gasteiger partial charge is 0.0158 e. The molecule has 3 rings (SSSR count). The lowest BCUT2D eigenvalue weighted by molar-refractivity contribution is 0.659. The lowest BCUT2D eigenvalue weighted by atomic mass is 9.82. The summed E-state index contributed by atoms with van der Waals surface area (Å²) in [5.41, 5.74) is 7.41. The number of benzene rings is 2. The first-order valence-corrected chi connectivity index (χ1v) is 7.30. The molecule has 2 aromatic rings. The van der Waals surface area contributed by atoms with Crippen molar-refractivity contribution in [2.75, 3.05) is 0 Å². The molecular weight excluding hydrogens is 228 g/mol. The molecule has 19 heavy (non-hydrogen) atoms. The number of hydrogen-bond acceptors (Lipinski definition) is 0. The van der Waals surface area contributed by atoms with Crippen molar-refractivity contribution in [3.63, 3.8) is 0 Å². The van der Waals surface area contributed by atoms with E-state index in [0.29, 0.717) is 5.92 Å². The minimum Gasteiger partial charge on any atom is -0.0648 e. The average molecular weight is 250 g/mol. The van der Waals surface area contributed by atoms with Crippen LogP contribution in [-0.4, -0.2) is 0 Å². The molecule has 0 bridgehead atoms. The first-order chi connectivity index (χ1) is 9.05. The molecule has 0 aromatic heterocycles. The predicted molar refractivity (Wildman–Crippen MR) is 82.7 cm³/mol. The molecule has 2 aromatic carbocycles. The largest absolute Gasteiger partial charge is 0.0648 e. The van der Waals surface area contributed by atoms with Gasteiger partial charge in [0.1, 0.15) is 0 Å². The quantitative estimate of drug-likeness (QED) is 0.659. The van der Waals surface area contributed by atoms with Crippen LogP contribution in [0.5, 0.6) is 0 Å². The second kappa shape index (κ2) is 4.23. The van der Waals surface area contributed by atoms with Crippen molar-refractivity contribution in [1.82, 2.24) is 0 Å². The zero-order valence-electron chi connectivity index (χ0n) is 12.3. The number of rotatable bonds is 2. The van der Waals surface area contributed by atoms with Crippen LogP contribution in [0.25, 0.3) is 11.1 Å². The highest BCUT2D eigenvalue weighted by Gasteiger charge is 2.35.